The van der Waals surface area contributed by atoms with Crippen molar-refractivity contribution in [1.29, 1.82) is 0 Å². The van der Waals surface area contributed by atoms with Crippen molar-refractivity contribution in [3.8, 4) is 5.75 Å². The van der Waals surface area contributed by atoms with Gasteiger partial charge in [-0.2, -0.15) is 18.2 Å². The van der Waals surface area contributed by atoms with E-state index in [0.717, 1.165) is 17.2 Å². The number of aromatic nitrogens is 2. The molecule has 0 aliphatic carbocycles. The van der Waals surface area contributed by atoms with E-state index in [0.29, 0.717) is 42.8 Å². The van der Waals surface area contributed by atoms with Gasteiger partial charge in [0.1, 0.15) is 17.1 Å². The average Bonchev–Trinajstić information content (AvgIpc) is 2.87. The zero-order valence-electron chi connectivity index (χ0n) is 20.6. The molecule has 2 heterocycles. The van der Waals surface area contributed by atoms with Crippen molar-refractivity contribution in [3.63, 3.8) is 0 Å². The standard InChI is InChI=1S/C26H25F3N6O3/c1-4-23(37)31-18-6-5-7-19(12-18)32-24-20(26(27,28)29)13-30-25(34-24)33-21-10-17-14-35(15(2)36)9-8-16(17)11-22(21)38-3/h4-7,10-13H,1,8-9,14H2,2-3H3,(H,31,37)(H2,30,32,33,34). The maximum Gasteiger partial charge on any atom is 0.421 e. The summed E-state index contributed by atoms with van der Waals surface area (Å²) in [5.41, 5.74) is 1.90. The SMILES string of the molecule is C=CC(=O)Nc1cccc(Nc2nc(Nc3cc4c(cc3OC)CCN(C(C)=O)C4)ncc2C(F)(F)F)c1. The molecule has 0 unspecified atom stereocenters. The summed E-state index contributed by atoms with van der Waals surface area (Å²) in [5.74, 6) is -0.632. The number of rotatable bonds is 7. The van der Waals surface area contributed by atoms with Crippen LogP contribution >= 0.6 is 0 Å². The predicted molar refractivity (Wildman–Crippen MR) is 137 cm³/mol. The minimum absolute atomic E-state index is 0.0455. The van der Waals surface area contributed by atoms with Gasteiger partial charge in [0.2, 0.25) is 17.8 Å². The number of nitrogens with zero attached hydrogens (tertiary/aromatic N) is 3. The lowest BCUT2D eigenvalue weighted by Crippen LogP contribution is -2.34. The van der Waals surface area contributed by atoms with Gasteiger partial charge in [-0.1, -0.05) is 12.6 Å². The highest BCUT2D eigenvalue weighted by Crippen LogP contribution is 2.37. The van der Waals surface area contributed by atoms with Gasteiger partial charge in [-0.05, 0) is 54.0 Å². The second-order valence-electron chi connectivity index (χ2n) is 8.49. The van der Waals surface area contributed by atoms with Crippen molar-refractivity contribution in [2.45, 2.75) is 26.1 Å². The summed E-state index contributed by atoms with van der Waals surface area (Å²) >= 11 is 0. The van der Waals surface area contributed by atoms with Crippen molar-refractivity contribution in [2.24, 2.45) is 0 Å². The molecule has 0 saturated heterocycles. The molecule has 4 rings (SSSR count). The fourth-order valence-corrected chi connectivity index (χ4v) is 3.99. The van der Waals surface area contributed by atoms with Crippen LogP contribution in [0.1, 0.15) is 23.6 Å². The maximum atomic E-state index is 13.8. The van der Waals surface area contributed by atoms with Gasteiger partial charge in [0.15, 0.2) is 0 Å². The number of carbonyl (C=O) groups is 2. The topological polar surface area (TPSA) is 108 Å². The Morgan fingerprint density at radius 2 is 1.89 bits per heavy atom. The molecule has 38 heavy (non-hydrogen) atoms. The van der Waals surface area contributed by atoms with E-state index in [1.807, 2.05) is 6.07 Å². The van der Waals surface area contributed by atoms with E-state index in [9.17, 15) is 22.8 Å². The summed E-state index contributed by atoms with van der Waals surface area (Å²) in [4.78, 5) is 33.1. The first-order valence-electron chi connectivity index (χ1n) is 11.5. The first-order valence-corrected chi connectivity index (χ1v) is 11.5. The van der Waals surface area contributed by atoms with Crippen molar-refractivity contribution >= 4 is 40.6 Å². The molecule has 0 saturated carbocycles. The van der Waals surface area contributed by atoms with E-state index in [-0.39, 0.29) is 17.5 Å². The van der Waals surface area contributed by atoms with E-state index in [2.05, 4.69) is 32.5 Å². The third-order valence-corrected chi connectivity index (χ3v) is 5.90. The fraction of sp³-hybridized carbons (Fsp3) is 0.231. The molecule has 2 amide bonds. The molecule has 0 fully saturated rings. The summed E-state index contributed by atoms with van der Waals surface area (Å²) in [5, 5.41) is 8.16. The first kappa shape index (κ1) is 26.5. The predicted octanol–water partition coefficient (Wildman–Crippen LogP) is 5.02. The van der Waals surface area contributed by atoms with Crippen LogP contribution in [0.3, 0.4) is 0 Å². The Kier molecular flexibility index (Phi) is 7.51. The van der Waals surface area contributed by atoms with Gasteiger partial charge in [0.05, 0.1) is 12.8 Å². The number of nitrogens with one attached hydrogen (secondary N) is 3. The summed E-state index contributed by atoms with van der Waals surface area (Å²) < 4.78 is 46.7. The highest BCUT2D eigenvalue weighted by molar-refractivity contribution is 5.99. The van der Waals surface area contributed by atoms with Crippen LogP contribution in [0.25, 0.3) is 0 Å². The Hall–Kier alpha value is -4.61. The van der Waals surface area contributed by atoms with Gasteiger partial charge in [0, 0.05) is 37.6 Å². The van der Waals surface area contributed by atoms with Gasteiger partial charge in [-0.3, -0.25) is 9.59 Å². The number of hydrogen-bond donors (Lipinski definition) is 3. The number of amides is 2. The molecule has 0 bridgehead atoms. The van der Waals surface area contributed by atoms with Gasteiger partial charge in [-0.25, -0.2) is 4.98 Å². The van der Waals surface area contributed by atoms with Crippen LogP contribution in [0.15, 0.2) is 55.3 Å². The number of ether oxygens (including phenoxy) is 1. The van der Waals surface area contributed by atoms with Crippen molar-refractivity contribution in [2.75, 3.05) is 29.6 Å². The van der Waals surface area contributed by atoms with Crippen LogP contribution in [0, 0.1) is 0 Å². The Labute approximate surface area is 216 Å². The number of methoxy groups -OCH3 is 1. The number of halogens is 3. The lowest BCUT2D eigenvalue weighted by molar-refractivity contribution is -0.137. The molecule has 1 aliphatic heterocycles. The molecule has 0 atom stereocenters. The lowest BCUT2D eigenvalue weighted by Gasteiger charge is -2.29. The first-order chi connectivity index (χ1) is 18.1. The molecule has 1 aliphatic rings. The minimum atomic E-state index is -4.73. The van der Waals surface area contributed by atoms with Crippen LogP contribution in [0.2, 0.25) is 0 Å². The third-order valence-electron chi connectivity index (χ3n) is 5.90. The summed E-state index contributed by atoms with van der Waals surface area (Å²) in [7, 11) is 1.48. The zero-order valence-corrected chi connectivity index (χ0v) is 20.6. The molecular formula is C26H25F3N6O3. The normalized spacial score (nSPS) is 12.8. The van der Waals surface area contributed by atoms with E-state index >= 15 is 0 Å². The number of hydrogen-bond acceptors (Lipinski definition) is 7. The van der Waals surface area contributed by atoms with Gasteiger partial charge < -0.3 is 25.6 Å². The highest BCUT2D eigenvalue weighted by Gasteiger charge is 2.35. The molecule has 3 N–H and O–H groups in total. The Bertz CT molecular complexity index is 1390. The summed E-state index contributed by atoms with van der Waals surface area (Å²) in [6.07, 6.45) is -2.31. The van der Waals surface area contributed by atoms with E-state index in [1.165, 1.54) is 26.2 Å². The van der Waals surface area contributed by atoms with Crippen LogP contribution in [-0.4, -0.2) is 40.3 Å². The fourth-order valence-electron chi connectivity index (χ4n) is 3.99. The van der Waals surface area contributed by atoms with E-state index in [1.54, 1.807) is 23.1 Å². The quantitative estimate of drug-likeness (QED) is 0.371. The monoisotopic (exact) mass is 526 g/mol. The molecule has 3 aromatic rings. The molecule has 9 nitrogen and oxygen atoms in total. The Morgan fingerprint density at radius 1 is 1.13 bits per heavy atom. The molecule has 1 aromatic heterocycles. The molecule has 0 radical (unpaired) electrons. The number of carbonyl (C=O) groups excluding carboxylic acids is 2. The summed E-state index contributed by atoms with van der Waals surface area (Å²) in [6, 6.07) is 9.76. The Morgan fingerprint density at radius 3 is 2.58 bits per heavy atom. The number of anilines is 5. The molecular weight excluding hydrogens is 501 g/mol. The number of benzene rings is 2. The smallest absolute Gasteiger partial charge is 0.421 e. The lowest BCUT2D eigenvalue weighted by atomic mass is 9.98. The minimum Gasteiger partial charge on any atom is -0.495 e. The largest absolute Gasteiger partial charge is 0.495 e. The second kappa shape index (κ2) is 10.8. The molecule has 2 aromatic carbocycles. The maximum absolute atomic E-state index is 13.8. The third kappa shape index (κ3) is 6.02. The highest BCUT2D eigenvalue weighted by atomic mass is 19.4. The molecule has 12 heteroatoms. The Balaban J connectivity index is 1.66. The van der Waals surface area contributed by atoms with Crippen molar-refractivity contribution < 1.29 is 27.5 Å². The van der Waals surface area contributed by atoms with Crippen LogP contribution in [0.5, 0.6) is 5.75 Å². The zero-order chi connectivity index (χ0) is 27.4. The van der Waals surface area contributed by atoms with Gasteiger partial charge in [-0.15, -0.1) is 0 Å². The van der Waals surface area contributed by atoms with Crippen molar-refractivity contribution in [3.05, 3.63) is 71.9 Å². The van der Waals surface area contributed by atoms with Crippen LogP contribution in [-0.2, 0) is 28.7 Å². The van der Waals surface area contributed by atoms with Gasteiger partial charge >= 0.3 is 6.18 Å². The number of alkyl halides is 3. The number of fused-ring (bicyclic) bond motifs is 1. The van der Waals surface area contributed by atoms with Crippen LogP contribution < -0.4 is 20.7 Å². The molecule has 0 spiro atoms. The van der Waals surface area contributed by atoms with E-state index in [4.69, 9.17) is 4.74 Å². The van der Waals surface area contributed by atoms with Crippen molar-refractivity contribution in [1.82, 2.24) is 14.9 Å². The second-order valence-corrected chi connectivity index (χ2v) is 8.49. The van der Waals surface area contributed by atoms with Crippen LogP contribution in [0.4, 0.5) is 42.0 Å². The summed E-state index contributed by atoms with van der Waals surface area (Å²) in [6.45, 7) is 5.87. The van der Waals surface area contributed by atoms with E-state index < -0.39 is 23.5 Å². The average molecular weight is 527 g/mol. The molecule has 198 valence electrons. The van der Waals surface area contributed by atoms with Gasteiger partial charge in [0.25, 0.3) is 0 Å².